The van der Waals surface area contributed by atoms with Crippen molar-refractivity contribution in [2.24, 2.45) is 0 Å². The summed E-state index contributed by atoms with van der Waals surface area (Å²) < 4.78 is 21.9. The van der Waals surface area contributed by atoms with Gasteiger partial charge in [0.05, 0.1) is 33.5 Å². The SMILES string of the molecule is COc1ccc(NC(=O)c2sc3cc(OC)c(OC)cc3c2Cl)cc1OC. The Kier molecular flexibility index (Phi) is 5.62. The molecule has 3 rings (SSSR count). The molecule has 0 aliphatic carbocycles. The van der Waals surface area contributed by atoms with Gasteiger partial charge in [-0.1, -0.05) is 11.6 Å². The molecular weight excluding hydrogens is 390 g/mol. The molecule has 1 aromatic heterocycles. The smallest absolute Gasteiger partial charge is 0.267 e. The third-order valence-corrected chi connectivity index (χ3v) is 5.64. The van der Waals surface area contributed by atoms with Crippen molar-refractivity contribution < 1.29 is 23.7 Å². The number of fused-ring (bicyclic) bond motifs is 1. The Morgan fingerprint density at radius 3 is 2.11 bits per heavy atom. The van der Waals surface area contributed by atoms with Gasteiger partial charge >= 0.3 is 0 Å². The van der Waals surface area contributed by atoms with Crippen LogP contribution >= 0.6 is 22.9 Å². The highest BCUT2D eigenvalue weighted by atomic mass is 35.5. The van der Waals surface area contributed by atoms with Gasteiger partial charge in [-0.2, -0.15) is 0 Å². The number of nitrogens with one attached hydrogen (secondary N) is 1. The molecule has 27 heavy (non-hydrogen) atoms. The highest BCUT2D eigenvalue weighted by molar-refractivity contribution is 7.21. The number of thiophene rings is 1. The Labute approximate surface area is 165 Å². The molecule has 2 aromatic carbocycles. The lowest BCUT2D eigenvalue weighted by molar-refractivity contribution is 0.103. The molecule has 0 saturated carbocycles. The van der Waals surface area contributed by atoms with Crippen LogP contribution < -0.4 is 24.3 Å². The van der Waals surface area contributed by atoms with Crippen LogP contribution in [0.3, 0.4) is 0 Å². The summed E-state index contributed by atoms with van der Waals surface area (Å²) in [5.41, 5.74) is 0.571. The van der Waals surface area contributed by atoms with Crippen LogP contribution in [0.5, 0.6) is 23.0 Å². The van der Waals surface area contributed by atoms with Gasteiger partial charge in [-0.05, 0) is 18.2 Å². The van der Waals surface area contributed by atoms with Gasteiger partial charge in [0.2, 0.25) is 0 Å². The molecular formula is C19H18ClNO5S. The molecule has 0 unspecified atom stereocenters. The van der Waals surface area contributed by atoms with E-state index in [1.807, 2.05) is 0 Å². The van der Waals surface area contributed by atoms with Crippen molar-refractivity contribution in [1.29, 1.82) is 0 Å². The fraction of sp³-hybridized carbons (Fsp3) is 0.211. The van der Waals surface area contributed by atoms with E-state index < -0.39 is 0 Å². The Bertz CT molecular complexity index is 1000. The van der Waals surface area contributed by atoms with Crippen molar-refractivity contribution in [3.63, 3.8) is 0 Å². The molecule has 1 amide bonds. The van der Waals surface area contributed by atoms with Gasteiger partial charge in [0.1, 0.15) is 4.88 Å². The quantitative estimate of drug-likeness (QED) is 0.633. The molecule has 3 aromatic rings. The van der Waals surface area contributed by atoms with Crippen LogP contribution in [0.15, 0.2) is 30.3 Å². The number of ether oxygens (including phenoxy) is 4. The van der Waals surface area contributed by atoms with Crippen molar-refractivity contribution in [3.05, 3.63) is 40.2 Å². The summed E-state index contributed by atoms with van der Waals surface area (Å²) in [6.45, 7) is 0. The number of carbonyl (C=O) groups is 1. The molecule has 0 aliphatic heterocycles. The summed E-state index contributed by atoms with van der Waals surface area (Å²) in [6.07, 6.45) is 0. The molecule has 0 spiro atoms. The standard InChI is InChI=1S/C19H18ClNO5S/c1-23-12-6-5-10(7-13(12)24-2)21-19(22)18-17(20)11-8-14(25-3)15(26-4)9-16(11)27-18/h5-9H,1-4H3,(H,21,22). The third kappa shape index (κ3) is 3.61. The first-order chi connectivity index (χ1) is 13.0. The number of carbonyl (C=O) groups excluding carboxylic acids is 1. The van der Waals surface area contributed by atoms with Crippen LogP contribution in [-0.4, -0.2) is 34.3 Å². The first-order valence-electron chi connectivity index (χ1n) is 7.89. The minimum absolute atomic E-state index is 0.314. The van der Waals surface area contributed by atoms with Gasteiger partial charge in [-0.3, -0.25) is 4.79 Å². The summed E-state index contributed by atoms with van der Waals surface area (Å²) in [5, 5.41) is 3.93. The molecule has 0 saturated heterocycles. The predicted molar refractivity (Wildman–Crippen MR) is 107 cm³/mol. The minimum Gasteiger partial charge on any atom is -0.493 e. The Balaban J connectivity index is 1.95. The molecule has 0 fully saturated rings. The fourth-order valence-corrected chi connectivity index (χ4v) is 4.06. The topological polar surface area (TPSA) is 66.0 Å². The van der Waals surface area contributed by atoms with Gasteiger partial charge in [-0.15, -0.1) is 11.3 Å². The second kappa shape index (κ2) is 7.94. The lowest BCUT2D eigenvalue weighted by Crippen LogP contribution is -2.10. The lowest BCUT2D eigenvalue weighted by Gasteiger charge is -2.10. The van der Waals surface area contributed by atoms with Crippen LogP contribution in [-0.2, 0) is 0 Å². The van der Waals surface area contributed by atoms with Crippen LogP contribution in [0.1, 0.15) is 9.67 Å². The number of hydrogen-bond donors (Lipinski definition) is 1. The lowest BCUT2D eigenvalue weighted by atomic mass is 10.2. The van der Waals surface area contributed by atoms with E-state index in [4.69, 9.17) is 30.5 Å². The molecule has 8 heteroatoms. The van der Waals surface area contributed by atoms with Crippen molar-refractivity contribution in [2.45, 2.75) is 0 Å². The number of benzene rings is 2. The maximum absolute atomic E-state index is 12.7. The first-order valence-corrected chi connectivity index (χ1v) is 9.09. The van der Waals surface area contributed by atoms with Crippen molar-refractivity contribution >= 4 is 44.6 Å². The highest BCUT2D eigenvalue weighted by Gasteiger charge is 2.20. The zero-order valence-electron chi connectivity index (χ0n) is 15.2. The number of anilines is 1. The fourth-order valence-electron chi connectivity index (χ4n) is 2.64. The number of methoxy groups -OCH3 is 4. The van der Waals surface area contributed by atoms with Crippen molar-refractivity contribution in [1.82, 2.24) is 0 Å². The first kappa shape index (κ1) is 19.1. The van der Waals surface area contributed by atoms with Gasteiger partial charge in [0, 0.05) is 27.9 Å². The molecule has 0 radical (unpaired) electrons. The second-order valence-corrected chi connectivity index (χ2v) is 6.90. The van der Waals surface area contributed by atoms with E-state index in [-0.39, 0.29) is 5.91 Å². The summed E-state index contributed by atoms with van der Waals surface area (Å²) in [7, 11) is 6.20. The maximum Gasteiger partial charge on any atom is 0.267 e. The average Bonchev–Trinajstić information content (AvgIpc) is 3.02. The van der Waals surface area contributed by atoms with E-state index in [2.05, 4.69) is 5.32 Å². The summed E-state index contributed by atoms with van der Waals surface area (Å²) >= 11 is 7.74. The molecule has 0 bridgehead atoms. The number of amides is 1. The predicted octanol–water partition coefficient (Wildman–Crippen LogP) is 4.84. The maximum atomic E-state index is 12.7. The van der Waals surface area contributed by atoms with Gasteiger partial charge in [-0.25, -0.2) is 0 Å². The van der Waals surface area contributed by atoms with Gasteiger partial charge in [0.15, 0.2) is 23.0 Å². The number of rotatable bonds is 6. The number of halogens is 1. The largest absolute Gasteiger partial charge is 0.493 e. The number of hydrogen-bond acceptors (Lipinski definition) is 6. The van der Waals surface area contributed by atoms with Crippen molar-refractivity contribution in [3.8, 4) is 23.0 Å². The van der Waals surface area contributed by atoms with Crippen molar-refractivity contribution in [2.75, 3.05) is 33.8 Å². The van der Waals surface area contributed by atoms with Crippen LogP contribution in [0.25, 0.3) is 10.1 Å². The Morgan fingerprint density at radius 1 is 0.889 bits per heavy atom. The summed E-state index contributed by atoms with van der Waals surface area (Å²) in [5.74, 6) is 1.92. The minimum atomic E-state index is -0.314. The zero-order valence-corrected chi connectivity index (χ0v) is 16.8. The molecule has 0 aliphatic rings. The van der Waals surface area contributed by atoms with E-state index >= 15 is 0 Å². The second-order valence-electron chi connectivity index (χ2n) is 5.47. The normalized spacial score (nSPS) is 10.6. The van der Waals surface area contributed by atoms with Gasteiger partial charge < -0.3 is 24.3 Å². The average molecular weight is 408 g/mol. The Morgan fingerprint density at radius 2 is 1.48 bits per heavy atom. The summed E-state index contributed by atoms with van der Waals surface area (Å²) in [6, 6.07) is 8.70. The van der Waals surface area contributed by atoms with E-state index in [0.29, 0.717) is 38.6 Å². The van der Waals surface area contributed by atoms with Gasteiger partial charge in [0.25, 0.3) is 5.91 Å². The van der Waals surface area contributed by atoms with Crippen LogP contribution in [0, 0.1) is 0 Å². The zero-order chi connectivity index (χ0) is 19.6. The Hall–Kier alpha value is -2.64. The van der Waals surface area contributed by atoms with E-state index in [1.165, 1.54) is 18.4 Å². The van der Waals surface area contributed by atoms with E-state index in [9.17, 15) is 4.79 Å². The molecule has 142 valence electrons. The van der Waals surface area contributed by atoms with Crippen LogP contribution in [0.4, 0.5) is 5.69 Å². The highest BCUT2D eigenvalue weighted by Crippen LogP contribution is 2.42. The molecule has 6 nitrogen and oxygen atoms in total. The molecule has 1 N–H and O–H groups in total. The van der Waals surface area contributed by atoms with Crippen LogP contribution in [0.2, 0.25) is 5.02 Å². The molecule has 0 atom stereocenters. The third-order valence-electron chi connectivity index (χ3n) is 3.98. The molecule has 1 heterocycles. The monoisotopic (exact) mass is 407 g/mol. The van der Waals surface area contributed by atoms with E-state index in [0.717, 1.165) is 10.1 Å². The van der Waals surface area contributed by atoms with E-state index in [1.54, 1.807) is 51.7 Å². The summed E-state index contributed by atoms with van der Waals surface area (Å²) in [4.78, 5) is 13.1.